The van der Waals surface area contributed by atoms with Gasteiger partial charge in [0.1, 0.15) is 11.4 Å². The van der Waals surface area contributed by atoms with Crippen LogP contribution in [0.2, 0.25) is 0 Å². The number of rotatable bonds is 3. The zero-order valence-corrected chi connectivity index (χ0v) is 19.9. The first kappa shape index (κ1) is 23.1. The number of pyridine rings is 1. The highest BCUT2D eigenvalue weighted by Gasteiger charge is 2.33. The van der Waals surface area contributed by atoms with Crippen molar-refractivity contribution < 1.29 is 14.3 Å². The van der Waals surface area contributed by atoms with Gasteiger partial charge in [-0.2, -0.15) is 0 Å². The van der Waals surface area contributed by atoms with Crippen molar-refractivity contribution in [3.8, 4) is 0 Å². The quantitative estimate of drug-likeness (QED) is 0.689. The lowest BCUT2D eigenvalue weighted by atomic mass is 9.94. The Morgan fingerprint density at radius 1 is 0.939 bits per heavy atom. The molecule has 2 aliphatic rings. The molecule has 2 fully saturated rings. The Hall–Kier alpha value is -3.09. The fourth-order valence-electron chi connectivity index (χ4n) is 4.61. The molecular formula is C26H34N4O3. The molecule has 4 rings (SSSR count). The van der Waals surface area contributed by atoms with E-state index in [1.807, 2.05) is 68.3 Å². The van der Waals surface area contributed by atoms with Crippen LogP contribution in [0.5, 0.6) is 0 Å². The van der Waals surface area contributed by atoms with Crippen LogP contribution in [0.15, 0.2) is 48.7 Å². The minimum Gasteiger partial charge on any atom is -0.444 e. The molecule has 2 saturated heterocycles. The summed E-state index contributed by atoms with van der Waals surface area (Å²) < 4.78 is 5.53. The smallest absolute Gasteiger partial charge is 0.410 e. The molecule has 1 atom stereocenters. The van der Waals surface area contributed by atoms with Gasteiger partial charge in [0.05, 0.1) is 6.04 Å². The maximum absolute atomic E-state index is 13.3. The lowest BCUT2D eigenvalue weighted by Gasteiger charge is -2.40. The molecule has 0 aliphatic carbocycles. The second kappa shape index (κ2) is 9.81. The fourth-order valence-corrected chi connectivity index (χ4v) is 4.61. The highest BCUT2D eigenvalue weighted by atomic mass is 16.6. The summed E-state index contributed by atoms with van der Waals surface area (Å²) in [5.74, 6) is 0.990. The molecule has 3 heterocycles. The van der Waals surface area contributed by atoms with E-state index in [0.717, 1.165) is 42.8 Å². The molecule has 2 amide bonds. The van der Waals surface area contributed by atoms with Crippen molar-refractivity contribution in [1.29, 1.82) is 0 Å². The third kappa shape index (κ3) is 5.46. The van der Waals surface area contributed by atoms with Gasteiger partial charge in [0.25, 0.3) is 5.91 Å². The number of ether oxygens (including phenoxy) is 1. The van der Waals surface area contributed by atoms with E-state index >= 15 is 0 Å². The van der Waals surface area contributed by atoms with Crippen LogP contribution in [-0.4, -0.2) is 65.1 Å². The number of likely N-dealkylation sites (tertiary alicyclic amines) is 1. The standard InChI is InChI=1S/C26H34N4O3/c1-26(2,3)33-25(32)29-18-16-28(17-19-29)23-21(12-9-14-27-23)22-13-7-8-15-30(22)24(31)20-10-5-4-6-11-20/h4-6,9-12,14,22H,7-8,13,15-19H2,1-3H3/t22-/m0/s1. The molecule has 1 aromatic heterocycles. The topological polar surface area (TPSA) is 66.0 Å². The Balaban J connectivity index is 1.51. The van der Waals surface area contributed by atoms with Gasteiger partial charge in [0, 0.05) is 50.0 Å². The van der Waals surface area contributed by atoms with E-state index in [1.165, 1.54) is 0 Å². The molecule has 2 aromatic rings. The van der Waals surface area contributed by atoms with Gasteiger partial charge in [-0.05, 0) is 58.2 Å². The van der Waals surface area contributed by atoms with E-state index < -0.39 is 5.60 Å². The summed E-state index contributed by atoms with van der Waals surface area (Å²) in [6.07, 6.45) is 4.57. The Kier molecular flexibility index (Phi) is 6.86. The zero-order valence-electron chi connectivity index (χ0n) is 19.9. The molecule has 7 nitrogen and oxygen atoms in total. The van der Waals surface area contributed by atoms with Gasteiger partial charge >= 0.3 is 6.09 Å². The maximum atomic E-state index is 13.3. The number of piperidine rings is 1. The molecule has 0 unspecified atom stereocenters. The van der Waals surface area contributed by atoms with Crippen molar-refractivity contribution in [2.75, 3.05) is 37.6 Å². The number of hydrogen-bond acceptors (Lipinski definition) is 5. The van der Waals surface area contributed by atoms with Crippen LogP contribution >= 0.6 is 0 Å². The number of amides is 2. The predicted octanol–water partition coefficient (Wildman–Crippen LogP) is 4.51. The van der Waals surface area contributed by atoms with E-state index in [0.29, 0.717) is 26.2 Å². The summed E-state index contributed by atoms with van der Waals surface area (Å²) in [5, 5.41) is 0. The lowest BCUT2D eigenvalue weighted by Crippen LogP contribution is -2.50. The number of hydrogen-bond donors (Lipinski definition) is 0. The lowest BCUT2D eigenvalue weighted by molar-refractivity contribution is 0.0239. The minimum atomic E-state index is -0.502. The number of carbonyl (C=O) groups is 2. The van der Waals surface area contributed by atoms with E-state index in [1.54, 1.807) is 4.90 Å². The van der Waals surface area contributed by atoms with Crippen molar-refractivity contribution in [1.82, 2.24) is 14.8 Å². The van der Waals surface area contributed by atoms with Gasteiger partial charge in [0.2, 0.25) is 0 Å². The van der Waals surface area contributed by atoms with Gasteiger partial charge in [-0.25, -0.2) is 9.78 Å². The molecule has 7 heteroatoms. The van der Waals surface area contributed by atoms with Crippen LogP contribution < -0.4 is 4.90 Å². The van der Waals surface area contributed by atoms with Crippen molar-refractivity contribution in [2.45, 2.75) is 51.7 Å². The number of benzene rings is 1. The third-order valence-electron chi connectivity index (χ3n) is 6.19. The Labute approximate surface area is 196 Å². The van der Waals surface area contributed by atoms with Crippen molar-refractivity contribution in [2.24, 2.45) is 0 Å². The molecule has 176 valence electrons. The predicted molar refractivity (Wildman–Crippen MR) is 128 cm³/mol. The summed E-state index contributed by atoms with van der Waals surface area (Å²) in [7, 11) is 0. The zero-order chi connectivity index (χ0) is 23.4. The third-order valence-corrected chi connectivity index (χ3v) is 6.19. The summed E-state index contributed by atoms with van der Waals surface area (Å²) in [6, 6.07) is 13.6. The number of anilines is 1. The maximum Gasteiger partial charge on any atom is 0.410 e. The molecule has 1 aromatic carbocycles. The molecule has 0 spiro atoms. The van der Waals surface area contributed by atoms with Gasteiger partial charge in [-0.3, -0.25) is 4.79 Å². The second-order valence-corrected chi connectivity index (χ2v) is 9.75. The molecule has 0 bridgehead atoms. The van der Waals surface area contributed by atoms with Crippen LogP contribution in [0.25, 0.3) is 0 Å². The summed E-state index contributed by atoms with van der Waals surface area (Å²) >= 11 is 0. The van der Waals surface area contributed by atoms with E-state index in [9.17, 15) is 9.59 Å². The van der Waals surface area contributed by atoms with Crippen molar-refractivity contribution in [3.63, 3.8) is 0 Å². The average Bonchev–Trinajstić information content (AvgIpc) is 2.83. The first-order valence-corrected chi connectivity index (χ1v) is 11.9. The Morgan fingerprint density at radius 2 is 1.67 bits per heavy atom. The van der Waals surface area contributed by atoms with E-state index in [-0.39, 0.29) is 18.0 Å². The summed E-state index contributed by atoms with van der Waals surface area (Å²) in [5.41, 5.74) is 1.31. The van der Waals surface area contributed by atoms with Gasteiger partial charge in [-0.1, -0.05) is 24.3 Å². The average molecular weight is 451 g/mol. The van der Waals surface area contributed by atoms with Crippen LogP contribution in [-0.2, 0) is 4.74 Å². The minimum absolute atomic E-state index is 0.000887. The monoisotopic (exact) mass is 450 g/mol. The highest BCUT2D eigenvalue weighted by Crippen LogP contribution is 2.36. The molecule has 2 aliphatic heterocycles. The molecule has 0 saturated carbocycles. The van der Waals surface area contributed by atoms with E-state index in [2.05, 4.69) is 11.0 Å². The number of nitrogens with zero attached hydrogens (tertiary/aromatic N) is 4. The van der Waals surface area contributed by atoms with Gasteiger partial charge in [0.15, 0.2) is 0 Å². The van der Waals surface area contributed by atoms with Crippen LogP contribution in [0, 0.1) is 0 Å². The Morgan fingerprint density at radius 3 is 2.36 bits per heavy atom. The van der Waals surface area contributed by atoms with Crippen LogP contribution in [0.4, 0.5) is 10.6 Å². The number of carbonyl (C=O) groups excluding carboxylic acids is 2. The van der Waals surface area contributed by atoms with Crippen molar-refractivity contribution in [3.05, 3.63) is 59.8 Å². The molecule has 0 N–H and O–H groups in total. The highest BCUT2D eigenvalue weighted by molar-refractivity contribution is 5.94. The first-order chi connectivity index (χ1) is 15.8. The van der Waals surface area contributed by atoms with E-state index in [4.69, 9.17) is 9.72 Å². The largest absolute Gasteiger partial charge is 0.444 e. The van der Waals surface area contributed by atoms with Gasteiger partial charge in [-0.15, -0.1) is 0 Å². The number of aromatic nitrogens is 1. The number of piperazine rings is 1. The summed E-state index contributed by atoms with van der Waals surface area (Å²) in [6.45, 7) is 8.94. The molecule has 0 radical (unpaired) electrons. The second-order valence-electron chi connectivity index (χ2n) is 9.75. The Bertz CT molecular complexity index is 965. The molecule has 33 heavy (non-hydrogen) atoms. The SMILES string of the molecule is CC(C)(C)OC(=O)N1CCN(c2ncccc2[C@@H]2CCCCN2C(=O)c2ccccc2)CC1. The van der Waals surface area contributed by atoms with Crippen LogP contribution in [0.3, 0.4) is 0 Å². The normalized spacial score (nSPS) is 19.4. The molecular weight excluding hydrogens is 416 g/mol. The fraction of sp³-hybridized carbons (Fsp3) is 0.500. The van der Waals surface area contributed by atoms with Crippen molar-refractivity contribution >= 4 is 17.8 Å². The van der Waals surface area contributed by atoms with Crippen LogP contribution in [0.1, 0.15) is 62.0 Å². The first-order valence-electron chi connectivity index (χ1n) is 11.9. The summed E-state index contributed by atoms with van der Waals surface area (Å²) in [4.78, 5) is 36.5. The van der Waals surface area contributed by atoms with Gasteiger partial charge < -0.3 is 19.4 Å².